The lowest BCUT2D eigenvalue weighted by Gasteiger charge is -2.13. The molecule has 0 aliphatic carbocycles. The Morgan fingerprint density at radius 3 is 2.79 bits per heavy atom. The number of unbranched alkanes of at least 4 members (excludes halogenated alkanes) is 1. The molecular weight excluding hydrogens is 168 g/mol. The van der Waals surface area contributed by atoms with Crippen LogP contribution in [0, 0.1) is 12.0 Å². The van der Waals surface area contributed by atoms with Gasteiger partial charge in [-0.15, -0.1) is 0 Å². The normalized spacial score (nSPS) is 12.7. The molecule has 0 N–H and O–H groups in total. The van der Waals surface area contributed by atoms with Gasteiger partial charge in [0, 0.05) is 0 Å². The molecule has 1 atom stereocenters. The molecule has 0 heterocycles. The van der Waals surface area contributed by atoms with Crippen LogP contribution in [0.15, 0.2) is 24.3 Å². The second kappa shape index (κ2) is 6.64. The lowest BCUT2D eigenvalue weighted by Crippen LogP contribution is -2.03. The van der Waals surface area contributed by atoms with Gasteiger partial charge in [0.15, 0.2) is 0 Å². The molecule has 0 aliphatic rings. The monoisotopic (exact) mass is 189 g/mol. The largest absolute Gasteiger partial charge is 0.0654 e. The van der Waals surface area contributed by atoms with Crippen molar-refractivity contribution in [2.75, 3.05) is 0 Å². The SMILES string of the molecule is CCCCC(CC)Cc1c[c]ccc1. The highest BCUT2D eigenvalue weighted by Gasteiger charge is 2.06. The zero-order valence-corrected chi connectivity index (χ0v) is 9.42. The van der Waals surface area contributed by atoms with Gasteiger partial charge in [-0.3, -0.25) is 0 Å². The number of benzene rings is 1. The van der Waals surface area contributed by atoms with E-state index in [1.54, 1.807) is 0 Å². The average molecular weight is 189 g/mol. The molecule has 14 heavy (non-hydrogen) atoms. The maximum atomic E-state index is 3.15. The molecular formula is C14H21. The third-order valence-electron chi connectivity index (χ3n) is 2.84. The van der Waals surface area contributed by atoms with Gasteiger partial charge < -0.3 is 0 Å². The minimum Gasteiger partial charge on any atom is -0.0654 e. The summed E-state index contributed by atoms with van der Waals surface area (Å²) >= 11 is 0. The van der Waals surface area contributed by atoms with Gasteiger partial charge in [0.2, 0.25) is 0 Å². The minimum atomic E-state index is 0.866. The van der Waals surface area contributed by atoms with E-state index in [1.165, 1.54) is 37.7 Å². The highest BCUT2D eigenvalue weighted by Crippen LogP contribution is 2.17. The van der Waals surface area contributed by atoms with Crippen LogP contribution in [0.2, 0.25) is 0 Å². The van der Waals surface area contributed by atoms with E-state index in [4.69, 9.17) is 0 Å². The predicted octanol–water partition coefficient (Wildman–Crippen LogP) is 4.25. The molecule has 0 aromatic heterocycles. The Bertz CT molecular complexity index is 225. The number of hydrogen-bond acceptors (Lipinski definition) is 0. The summed E-state index contributed by atoms with van der Waals surface area (Å²) in [6, 6.07) is 11.5. The van der Waals surface area contributed by atoms with Gasteiger partial charge >= 0.3 is 0 Å². The molecule has 0 spiro atoms. The summed E-state index contributed by atoms with van der Waals surface area (Å²) < 4.78 is 0. The molecule has 0 heteroatoms. The quantitative estimate of drug-likeness (QED) is 0.627. The number of rotatable bonds is 6. The molecule has 0 saturated heterocycles. The van der Waals surface area contributed by atoms with Gasteiger partial charge in [-0.05, 0) is 24.0 Å². The van der Waals surface area contributed by atoms with Gasteiger partial charge in [-0.25, -0.2) is 0 Å². The molecule has 1 rings (SSSR count). The van der Waals surface area contributed by atoms with E-state index in [0.29, 0.717) is 0 Å². The van der Waals surface area contributed by atoms with Crippen LogP contribution in [-0.4, -0.2) is 0 Å². The standard InChI is InChI=1S/C14H21/c1-3-5-9-13(4-2)12-14-10-7-6-8-11-14/h6-7,10-11,13H,3-5,9,12H2,1-2H3. The first-order valence-electron chi connectivity index (χ1n) is 5.81. The summed E-state index contributed by atoms with van der Waals surface area (Å²) in [5.41, 5.74) is 1.44. The molecule has 1 radical (unpaired) electrons. The van der Waals surface area contributed by atoms with Crippen molar-refractivity contribution in [2.45, 2.75) is 46.0 Å². The second-order valence-corrected chi connectivity index (χ2v) is 4.03. The van der Waals surface area contributed by atoms with Crippen LogP contribution in [0.5, 0.6) is 0 Å². The van der Waals surface area contributed by atoms with Crippen molar-refractivity contribution in [1.29, 1.82) is 0 Å². The molecule has 1 unspecified atom stereocenters. The maximum Gasteiger partial charge on any atom is -0.0181 e. The van der Waals surface area contributed by atoms with E-state index in [1.807, 2.05) is 6.07 Å². The van der Waals surface area contributed by atoms with E-state index in [9.17, 15) is 0 Å². The summed E-state index contributed by atoms with van der Waals surface area (Å²) in [6.07, 6.45) is 6.59. The van der Waals surface area contributed by atoms with Crippen molar-refractivity contribution in [2.24, 2.45) is 5.92 Å². The van der Waals surface area contributed by atoms with Crippen molar-refractivity contribution in [3.63, 3.8) is 0 Å². The summed E-state index contributed by atoms with van der Waals surface area (Å²) in [4.78, 5) is 0. The van der Waals surface area contributed by atoms with Crippen LogP contribution in [0.1, 0.15) is 45.1 Å². The average Bonchev–Trinajstić information content (AvgIpc) is 2.25. The van der Waals surface area contributed by atoms with Crippen molar-refractivity contribution in [1.82, 2.24) is 0 Å². The summed E-state index contributed by atoms with van der Waals surface area (Å²) in [7, 11) is 0. The maximum absolute atomic E-state index is 3.15. The predicted molar refractivity (Wildman–Crippen MR) is 62.3 cm³/mol. The Hall–Kier alpha value is -0.780. The van der Waals surface area contributed by atoms with Crippen LogP contribution in [0.4, 0.5) is 0 Å². The molecule has 0 fully saturated rings. The van der Waals surface area contributed by atoms with Gasteiger partial charge in [-0.1, -0.05) is 63.8 Å². The number of hydrogen-bond donors (Lipinski definition) is 0. The molecule has 1 aromatic rings. The van der Waals surface area contributed by atoms with Crippen LogP contribution in [-0.2, 0) is 6.42 Å². The van der Waals surface area contributed by atoms with Crippen LogP contribution in [0.25, 0.3) is 0 Å². The zero-order chi connectivity index (χ0) is 10.2. The molecule has 0 bridgehead atoms. The molecule has 77 valence electrons. The Morgan fingerprint density at radius 1 is 1.36 bits per heavy atom. The molecule has 0 aliphatic heterocycles. The van der Waals surface area contributed by atoms with Crippen molar-refractivity contribution < 1.29 is 0 Å². The van der Waals surface area contributed by atoms with Gasteiger partial charge in [-0.2, -0.15) is 0 Å². The molecule has 0 saturated carbocycles. The third kappa shape index (κ3) is 3.95. The Kier molecular flexibility index (Phi) is 5.36. The second-order valence-electron chi connectivity index (χ2n) is 4.03. The Morgan fingerprint density at radius 2 is 2.21 bits per heavy atom. The summed E-state index contributed by atoms with van der Waals surface area (Å²) in [5, 5.41) is 0. The molecule has 0 nitrogen and oxygen atoms in total. The fraction of sp³-hybridized carbons (Fsp3) is 0.571. The Balaban J connectivity index is 2.40. The first-order chi connectivity index (χ1) is 6.86. The van der Waals surface area contributed by atoms with Gasteiger partial charge in [0.05, 0.1) is 0 Å². The van der Waals surface area contributed by atoms with Gasteiger partial charge in [0.25, 0.3) is 0 Å². The molecule has 1 aromatic carbocycles. The lowest BCUT2D eigenvalue weighted by atomic mass is 9.92. The highest BCUT2D eigenvalue weighted by atomic mass is 14.1. The van der Waals surface area contributed by atoms with Crippen LogP contribution in [0.3, 0.4) is 0 Å². The first-order valence-corrected chi connectivity index (χ1v) is 5.81. The third-order valence-corrected chi connectivity index (χ3v) is 2.84. The van der Waals surface area contributed by atoms with E-state index in [-0.39, 0.29) is 0 Å². The van der Waals surface area contributed by atoms with Crippen molar-refractivity contribution in [3.05, 3.63) is 35.9 Å². The highest BCUT2D eigenvalue weighted by molar-refractivity contribution is 5.14. The fourth-order valence-corrected chi connectivity index (χ4v) is 1.83. The smallest absolute Gasteiger partial charge is 0.0181 e. The summed E-state index contributed by atoms with van der Waals surface area (Å²) in [6.45, 7) is 4.57. The van der Waals surface area contributed by atoms with Gasteiger partial charge in [0.1, 0.15) is 0 Å². The van der Waals surface area contributed by atoms with Crippen LogP contribution >= 0.6 is 0 Å². The van der Waals surface area contributed by atoms with E-state index >= 15 is 0 Å². The van der Waals surface area contributed by atoms with E-state index in [2.05, 4.69) is 38.1 Å². The molecule has 0 amide bonds. The summed E-state index contributed by atoms with van der Waals surface area (Å²) in [5.74, 6) is 0.866. The topological polar surface area (TPSA) is 0 Å². The van der Waals surface area contributed by atoms with Crippen molar-refractivity contribution >= 4 is 0 Å². The van der Waals surface area contributed by atoms with E-state index in [0.717, 1.165) is 5.92 Å². The fourth-order valence-electron chi connectivity index (χ4n) is 1.83. The lowest BCUT2D eigenvalue weighted by molar-refractivity contribution is 0.449. The minimum absolute atomic E-state index is 0.866. The zero-order valence-electron chi connectivity index (χ0n) is 9.42. The van der Waals surface area contributed by atoms with Crippen molar-refractivity contribution in [3.8, 4) is 0 Å². The van der Waals surface area contributed by atoms with E-state index < -0.39 is 0 Å². The Labute approximate surface area is 88.4 Å². The first kappa shape index (κ1) is 11.3. The van der Waals surface area contributed by atoms with Crippen LogP contribution < -0.4 is 0 Å².